The largest absolute Gasteiger partial charge is 0.383 e. The topological polar surface area (TPSA) is 49.9 Å². The molecule has 0 aliphatic carbocycles. The third kappa shape index (κ3) is 6.93. The van der Waals surface area contributed by atoms with Gasteiger partial charge < -0.3 is 14.5 Å². The van der Waals surface area contributed by atoms with E-state index < -0.39 is 5.38 Å². The number of nitrogens with zero attached hydrogens (tertiary/aromatic N) is 2. The second-order valence-corrected chi connectivity index (χ2v) is 8.64. The van der Waals surface area contributed by atoms with Crippen molar-refractivity contribution in [3.8, 4) is 0 Å². The van der Waals surface area contributed by atoms with E-state index in [1.54, 1.807) is 30.3 Å². The van der Waals surface area contributed by atoms with Crippen molar-refractivity contribution < 1.29 is 14.3 Å². The fourth-order valence-corrected chi connectivity index (χ4v) is 3.82. The van der Waals surface area contributed by atoms with Crippen molar-refractivity contribution in [3.05, 3.63) is 57.8 Å². The monoisotopic (exact) mass is 422 g/mol. The number of methoxy groups -OCH3 is 1. The van der Waals surface area contributed by atoms with Crippen LogP contribution in [0.5, 0.6) is 0 Å². The molecule has 0 bridgehead atoms. The molecule has 0 saturated heterocycles. The minimum absolute atomic E-state index is 0.0174. The van der Waals surface area contributed by atoms with Crippen LogP contribution in [-0.2, 0) is 27.4 Å². The van der Waals surface area contributed by atoms with E-state index in [0.29, 0.717) is 26.2 Å². The molecule has 0 radical (unpaired) electrons. The quantitative estimate of drug-likeness (QED) is 0.549. The number of hydrogen-bond donors (Lipinski definition) is 0. The predicted octanol–water partition coefficient (Wildman–Crippen LogP) is 3.69. The van der Waals surface area contributed by atoms with Gasteiger partial charge >= 0.3 is 0 Å². The summed E-state index contributed by atoms with van der Waals surface area (Å²) in [5.74, 6) is -0.379. The van der Waals surface area contributed by atoms with Crippen LogP contribution < -0.4 is 0 Å². The first-order valence-electron chi connectivity index (χ1n) is 9.19. The minimum Gasteiger partial charge on any atom is -0.383 e. The molecule has 7 heteroatoms. The van der Waals surface area contributed by atoms with Crippen LogP contribution in [0.3, 0.4) is 0 Å². The van der Waals surface area contributed by atoms with Crippen molar-refractivity contribution in [2.24, 2.45) is 0 Å². The summed E-state index contributed by atoms with van der Waals surface area (Å²) in [6, 6.07) is 13.9. The van der Waals surface area contributed by atoms with E-state index in [-0.39, 0.29) is 18.4 Å². The Labute approximate surface area is 175 Å². The van der Waals surface area contributed by atoms with E-state index in [2.05, 4.69) is 6.07 Å². The van der Waals surface area contributed by atoms with Gasteiger partial charge in [0.1, 0.15) is 5.38 Å². The molecule has 0 saturated carbocycles. The Bertz CT molecular complexity index is 764. The van der Waals surface area contributed by atoms with E-state index in [0.717, 1.165) is 10.4 Å². The number of hydrogen-bond acceptors (Lipinski definition) is 4. The van der Waals surface area contributed by atoms with Gasteiger partial charge in [-0.3, -0.25) is 9.59 Å². The zero-order valence-corrected chi connectivity index (χ0v) is 18.1. The van der Waals surface area contributed by atoms with Crippen LogP contribution in [0.25, 0.3) is 0 Å². The molecule has 2 amide bonds. The fraction of sp³-hybridized carbons (Fsp3) is 0.429. The molecule has 2 rings (SSSR count). The molecule has 0 aliphatic heterocycles. The third-order valence-electron chi connectivity index (χ3n) is 4.26. The molecule has 0 fully saturated rings. The van der Waals surface area contributed by atoms with E-state index in [9.17, 15) is 9.59 Å². The van der Waals surface area contributed by atoms with Crippen LogP contribution >= 0.6 is 22.9 Å². The van der Waals surface area contributed by atoms with Crippen LogP contribution in [0.1, 0.15) is 22.2 Å². The summed E-state index contributed by atoms with van der Waals surface area (Å²) in [5.41, 5.74) is 1.05. The molecule has 5 nitrogen and oxygen atoms in total. The minimum atomic E-state index is -0.688. The van der Waals surface area contributed by atoms with E-state index in [4.69, 9.17) is 16.3 Å². The van der Waals surface area contributed by atoms with Crippen molar-refractivity contribution in [2.75, 3.05) is 26.8 Å². The second-order valence-electron chi connectivity index (χ2n) is 6.62. The molecule has 1 aromatic heterocycles. The molecule has 0 N–H and O–H groups in total. The standard InChI is InChI=1S/C21H27ClN2O3S/c1-16-9-10-19(28-16)14-24(13-18-7-5-4-6-8-18)20(25)15-23(11-12-27-3)21(26)17(2)22/h4-10,17H,11-15H2,1-3H3. The average molecular weight is 423 g/mol. The molecule has 2 aromatic rings. The number of ether oxygens (including phenoxy) is 1. The molecule has 152 valence electrons. The molecular formula is C21H27ClN2O3S. The number of alkyl halides is 1. The zero-order valence-electron chi connectivity index (χ0n) is 16.6. The number of halogens is 1. The number of carbonyl (C=O) groups excluding carboxylic acids is 2. The average Bonchev–Trinajstić information content (AvgIpc) is 3.09. The summed E-state index contributed by atoms with van der Waals surface area (Å²) in [4.78, 5) is 31.1. The highest BCUT2D eigenvalue weighted by atomic mass is 35.5. The summed E-state index contributed by atoms with van der Waals surface area (Å²) in [7, 11) is 1.56. The summed E-state index contributed by atoms with van der Waals surface area (Å²) in [5, 5.41) is -0.688. The van der Waals surface area contributed by atoms with Crippen LogP contribution in [0.4, 0.5) is 0 Å². The number of aryl methyl sites for hydroxylation is 1. The van der Waals surface area contributed by atoms with Crippen molar-refractivity contribution in [2.45, 2.75) is 32.3 Å². The van der Waals surface area contributed by atoms with Crippen LogP contribution in [0.2, 0.25) is 0 Å². The van der Waals surface area contributed by atoms with Gasteiger partial charge in [-0.25, -0.2) is 0 Å². The lowest BCUT2D eigenvalue weighted by atomic mass is 10.2. The van der Waals surface area contributed by atoms with Crippen molar-refractivity contribution in [1.82, 2.24) is 9.80 Å². The van der Waals surface area contributed by atoms with E-state index >= 15 is 0 Å². The van der Waals surface area contributed by atoms with Crippen LogP contribution in [0.15, 0.2) is 42.5 Å². The Hall–Kier alpha value is -1.89. The number of thiophene rings is 1. The maximum atomic E-state index is 13.1. The lowest BCUT2D eigenvalue weighted by Crippen LogP contribution is -2.45. The molecule has 1 heterocycles. The Morgan fingerprint density at radius 3 is 2.39 bits per heavy atom. The van der Waals surface area contributed by atoms with Crippen molar-refractivity contribution >= 4 is 34.8 Å². The highest BCUT2D eigenvalue weighted by molar-refractivity contribution is 7.11. The number of rotatable bonds is 10. The molecular weight excluding hydrogens is 396 g/mol. The van der Waals surface area contributed by atoms with E-state index in [1.165, 1.54) is 9.78 Å². The summed E-state index contributed by atoms with van der Waals surface area (Å²) in [6.45, 7) is 5.32. The maximum absolute atomic E-state index is 13.1. The van der Waals surface area contributed by atoms with Crippen molar-refractivity contribution in [1.29, 1.82) is 0 Å². The molecule has 0 spiro atoms. The fourth-order valence-electron chi connectivity index (χ4n) is 2.78. The third-order valence-corrected chi connectivity index (χ3v) is 5.43. The number of benzene rings is 1. The van der Waals surface area contributed by atoms with Gasteiger partial charge in [0.25, 0.3) is 0 Å². The summed E-state index contributed by atoms with van der Waals surface area (Å²) in [6.07, 6.45) is 0. The van der Waals surface area contributed by atoms with Crippen molar-refractivity contribution in [3.63, 3.8) is 0 Å². The lowest BCUT2D eigenvalue weighted by Gasteiger charge is -2.28. The van der Waals surface area contributed by atoms with Crippen LogP contribution in [-0.4, -0.2) is 53.8 Å². The Morgan fingerprint density at radius 1 is 1.11 bits per heavy atom. The van der Waals surface area contributed by atoms with Gasteiger partial charge in [0.15, 0.2) is 0 Å². The highest BCUT2D eigenvalue weighted by Gasteiger charge is 2.24. The van der Waals surface area contributed by atoms with Gasteiger partial charge in [0, 0.05) is 30.0 Å². The SMILES string of the molecule is COCCN(CC(=O)N(Cc1ccccc1)Cc1ccc(C)s1)C(=O)C(C)Cl. The zero-order chi connectivity index (χ0) is 20.5. The Balaban J connectivity index is 2.16. The van der Waals surface area contributed by atoms with Gasteiger partial charge in [-0.1, -0.05) is 30.3 Å². The normalized spacial score (nSPS) is 11.9. The first-order valence-corrected chi connectivity index (χ1v) is 10.4. The number of amides is 2. The summed E-state index contributed by atoms with van der Waals surface area (Å²) >= 11 is 7.64. The Kier molecular flexibility index (Phi) is 8.96. The smallest absolute Gasteiger partial charge is 0.242 e. The Morgan fingerprint density at radius 2 is 1.82 bits per heavy atom. The van der Waals surface area contributed by atoms with Gasteiger partial charge in [-0.15, -0.1) is 22.9 Å². The second kappa shape index (κ2) is 11.2. The van der Waals surface area contributed by atoms with Crippen LogP contribution in [0, 0.1) is 6.92 Å². The highest BCUT2D eigenvalue weighted by Crippen LogP contribution is 2.19. The lowest BCUT2D eigenvalue weighted by molar-refractivity contribution is -0.141. The van der Waals surface area contributed by atoms with Gasteiger partial charge in [0.05, 0.1) is 19.7 Å². The molecule has 28 heavy (non-hydrogen) atoms. The van der Waals surface area contributed by atoms with Gasteiger partial charge in [-0.2, -0.15) is 0 Å². The molecule has 1 aromatic carbocycles. The molecule has 1 unspecified atom stereocenters. The first-order chi connectivity index (χ1) is 13.4. The summed E-state index contributed by atoms with van der Waals surface area (Å²) < 4.78 is 5.08. The van der Waals surface area contributed by atoms with Gasteiger partial charge in [0.2, 0.25) is 11.8 Å². The first kappa shape index (κ1) is 22.4. The van der Waals surface area contributed by atoms with E-state index in [1.807, 2.05) is 43.3 Å². The maximum Gasteiger partial charge on any atom is 0.242 e. The van der Waals surface area contributed by atoms with Gasteiger partial charge in [-0.05, 0) is 31.5 Å². The number of carbonyl (C=O) groups is 2. The predicted molar refractivity (Wildman–Crippen MR) is 114 cm³/mol. The molecule has 1 atom stereocenters. The molecule has 0 aliphatic rings.